The van der Waals surface area contributed by atoms with Gasteiger partial charge in [-0.05, 0) is 36.3 Å². The molecule has 0 radical (unpaired) electrons. The van der Waals surface area contributed by atoms with E-state index in [-0.39, 0.29) is 0 Å². The fraction of sp³-hybridized carbons (Fsp3) is 0.400. The maximum atomic E-state index is 9.09. The van der Waals surface area contributed by atoms with Gasteiger partial charge >= 0.3 is 0 Å². The lowest BCUT2D eigenvalue weighted by molar-refractivity contribution is 0.475. The van der Waals surface area contributed by atoms with Gasteiger partial charge in [-0.1, -0.05) is 12.1 Å². The number of hydrogen-bond donors (Lipinski definition) is 1. The molecule has 1 aromatic rings. The van der Waals surface area contributed by atoms with Crippen LogP contribution in [0, 0.1) is 0 Å². The molecule has 1 saturated heterocycles. The first-order chi connectivity index (χ1) is 5.86. The third kappa shape index (κ3) is 1.58. The van der Waals surface area contributed by atoms with Crippen LogP contribution in [0.2, 0.25) is 0 Å². The Balaban J connectivity index is 2.17. The molecule has 2 heteroatoms. The summed E-state index contributed by atoms with van der Waals surface area (Å²) in [5.74, 6) is 1.65. The highest BCUT2D eigenvalue weighted by Gasteiger charge is 2.16. The highest BCUT2D eigenvalue weighted by atomic mass is 32.2. The molecule has 0 aliphatic carbocycles. The molecule has 1 heterocycles. The van der Waals surface area contributed by atoms with Crippen LogP contribution in [0.4, 0.5) is 0 Å². The van der Waals surface area contributed by atoms with Gasteiger partial charge in [-0.25, -0.2) is 0 Å². The maximum absolute atomic E-state index is 9.09. The lowest BCUT2D eigenvalue weighted by Gasteiger charge is -2.07. The Morgan fingerprint density at radius 3 is 2.58 bits per heavy atom. The number of thioether (sulfide) groups is 1. The zero-order chi connectivity index (χ0) is 8.39. The van der Waals surface area contributed by atoms with Crippen molar-refractivity contribution in [2.75, 3.05) is 5.75 Å². The average Bonchev–Trinajstić information content (AvgIpc) is 2.58. The monoisotopic (exact) mass is 180 g/mol. The van der Waals surface area contributed by atoms with E-state index in [1.807, 2.05) is 23.9 Å². The van der Waals surface area contributed by atoms with E-state index in [0.717, 1.165) is 0 Å². The molecule has 1 nitrogen and oxygen atoms in total. The molecule has 12 heavy (non-hydrogen) atoms. The smallest absolute Gasteiger partial charge is 0.115 e. The molecule has 0 saturated carbocycles. The van der Waals surface area contributed by atoms with Crippen LogP contribution in [0.25, 0.3) is 0 Å². The summed E-state index contributed by atoms with van der Waals surface area (Å²) in [6.45, 7) is 0. The molecule has 0 spiro atoms. The summed E-state index contributed by atoms with van der Waals surface area (Å²) in [4.78, 5) is 0. The number of rotatable bonds is 1. The number of aromatic hydroxyl groups is 1. The Kier molecular flexibility index (Phi) is 2.26. The van der Waals surface area contributed by atoms with Crippen LogP contribution in [0.1, 0.15) is 23.7 Å². The topological polar surface area (TPSA) is 20.2 Å². The summed E-state index contributed by atoms with van der Waals surface area (Å²) in [6.07, 6.45) is 2.62. The molecule has 1 aliphatic heterocycles. The normalized spacial score (nSPS) is 22.8. The van der Waals surface area contributed by atoms with Crippen LogP contribution < -0.4 is 0 Å². The molecule has 64 valence electrons. The second-order valence-electron chi connectivity index (χ2n) is 3.09. The van der Waals surface area contributed by atoms with Crippen molar-refractivity contribution < 1.29 is 5.11 Å². The Bertz CT molecular complexity index is 249. The first-order valence-electron chi connectivity index (χ1n) is 4.27. The van der Waals surface area contributed by atoms with Gasteiger partial charge in [0.25, 0.3) is 0 Å². The molecule has 1 aliphatic rings. The van der Waals surface area contributed by atoms with Crippen molar-refractivity contribution in [3.8, 4) is 5.75 Å². The van der Waals surface area contributed by atoms with Gasteiger partial charge in [0.1, 0.15) is 5.75 Å². The lowest BCUT2D eigenvalue weighted by Crippen LogP contribution is -1.86. The van der Waals surface area contributed by atoms with E-state index in [1.54, 1.807) is 12.1 Å². The van der Waals surface area contributed by atoms with Crippen molar-refractivity contribution in [1.29, 1.82) is 0 Å². The van der Waals surface area contributed by atoms with Gasteiger partial charge in [-0.3, -0.25) is 0 Å². The van der Waals surface area contributed by atoms with Crippen LogP contribution in [-0.2, 0) is 0 Å². The first-order valence-corrected chi connectivity index (χ1v) is 5.32. The molecule has 1 aromatic carbocycles. The molecule has 0 bridgehead atoms. The minimum Gasteiger partial charge on any atom is -0.508 e. The van der Waals surface area contributed by atoms with Crippen LogP contribution in [0.3, 0.4) is 0 Å². The van der Waals surface area contributed by atoms with Crippen LogP contribution in [0.15, 0.2) is 24.3 Å². The van der Waals surface area contributed by atoms with Gasteiger partial charge < -0.3 is 5.11 Å². The predicted molar refractivity (Wildman–Crippen MR) is 52.5 cm³/mol. The predicted octanol–water partition coefficient (Wildman–Crippen LogP) is 2.96. The molecule has 2 rings (SSSR count). The van der Waals surface area contributed by atoms with Crippen molar-refractivity contribution in [2.24, 2.45) is 0 Å². The molecular weight excluding hydrogens is 168 g/mol. The van der Waals surface area contributed by atoms with Gasteiger partial charge in [0.05, 0.1) is 0 Å². The van der Waals surface area contributed by atoms with Crippen molar-refractivity contribution in [3.05, 3.63) is 29.8 Å². The summed E-state index contributed by atoms with van der Waals surface area (Å²) in [6, 6.07) is 7.60. The standard InChI is InChI=1S/C10H12OS/c11-9-5-3-8(4-6-9)10-2-1-7-12-10/h3-6,10-11H,1-2,7H2. The fourth-order valence-electron chi connectivity index (χ4n) is 1.53. The number of phenolic OH excluding ortho intramolecular Hbond substituents is 1. The third-order valence-corrected chi connectivity index (χ3v) is 3.63. The van der Waals surface area contributed by atoms with Gasteiger partial charge in [0.15, 0.2) is 0 Å². The van der Waals surface area contributed by atoms with Crippen LogP contribution in [-0.4, -0.2) is 10.9 Å². The minimum atomic E-state index is 0.363. The van der Waals surface area contributed by atoms with E-state index >= 15 is 0 Å². The lowest BCUT2D eigenvalue weighted by atomic mass is 10.1. The zero-order valence-electron chi connectivity index (χ0n) is 6.86. The van der Waals surface area contributed by atoms with E-state index < -0.39 is 0 Å². The quantitative estimate of drug-likeness (QED) is 0.717. The summed E-state index contributed by atoms with van der Waals surface area (Å²) >= 11 is 2.02. The van der Waals surface area contributed by atoms with Crippen molar-refractivity contribution in [2.45, 2.75) is 18.1 Å². The van der Waals surface area contributed by atoms with E-state index in [0.29, 0.717) is 11.0 Å². The van der Waals surface area contributed by atoms with Crippen LogP contribution in [0.5, 0.6) is 5.75 Å². The largest absolute Gasteiger partial charge is 0.508 e. The average molecular weight is 180 g/mol. The molecule has 0 aromatic heterocycles. The molecule has 1 fully saturated rings. The molecule has 1 N–H and O–H groups in total. The van der Waals surface area contributed by atoms with E-state index in [9.17, 15) is 0 Å². The highest BCUT2D eigenvalue weighted by Crippen LogP contribution is 2.39. The molecule has 0 amide bonds. The summed E-state index contributed by atoms with van der Waals surface area (Å²) in [5.41, 5.74) is 1.36. The Labute approximate surface area is 76.8 Å². The second kappa shape index (κ2) is 3.40. The Morgan fingerprint density at radius 2 is 2.00 bits per heavy atom. The Morgan fingerprint density at radius 1 is 1.25 bits per heavy atom. The maximum Gasteiger partial charge on any atom is 0.115 e. The summed E-state index contributed by atoms with van der Waals surface area (Å²) in [5, 5.41) is 9.76. The molecule has 1 atom stereocenters. The van der Waals surface area contributed by atoms with Crippen molar-refractivity contribution >= 4 is 11.8 Å². The highest BCUT2D eigenvalue weighted by molar-refractivity contribution is 7.99. The van der Waals surface area contributed by atoms with E-state index in [1.165, 1.54) is 24.2 Å². The zero-order valence-corrected chi connectivity index (χ0v) is 7.68. The van der Waals surface area contributed by atoms with Gasteiger partial charge in [-0.15, -0.1) is 0 Å². The second-order valence-corrected chi connectivity index (χ2v) is 4.40. The fourth-order valence-corrected chi connectivity index (χ4v) is 2.83. The van der Waals surface area contributed by atoms with E-state index in [4.69, 9.17) is 5.11 Å². The number of phenols is 1. The SMILES string of the molecule is Oc1ccc(C2CCCS2)cc1. The Hall–Kier alpha value is -0.630. The molecule has 1 unspecified atom stereocenters. The number of hydrogen-bond acceptors (Lipinski definition) is 2. The van der Waals surface area contributed by atoms with E-state index in [2.05, 4.69) is 0 Å². The number of benzene rings is 1. The summed E-state index contributed by atoms with van der Waals surface area (Å²) < 4.78 is 0. The van der Waals surface area contributed by atoms with Gasteiger partial charge in [0.2, 0.25) is 0 Å². The van der Waals surface area contributed by atoms with Gasteiger partial charge in [0, 0.05) is 5.25 Å². The van der Waals surface area contributed by atoms with Gasteiger partial charge in [-0.2, -0.15) is 11.8 Å². The summed E-state index contributed by atoms with van der Waals surface area (Å²) in [7, 11) is 0. The minimum absolute atomic E-state index is 0.363. The van der Waals surface area contributed by atoms with Crippen molar-refractivity contribution in [1.82, 2.24) is 0 Å². The third-order valence-electron chi connectivity index (χ3n) is 2.19. The van der Waals surface area contributed by atoms with Crippen LogP contribution >= 0.6 is 11.8 Å². The first kappa shape index (κ1) is 7.99. The van der Waals surface area contributed by atoms with Crippen molar-refractivity contribution in [3.63, 3.8) is 0 Å². The molecular formula is C10H12OS.